The molecule has 1 aromatic rings. The molecule has 1 heterocycles. The Bertz CT molecular complexity index is 271. The standard InChI is InChI=1S/C9H14N2S/c1-6(2)8-4-7(12-3)5-9(10)11-8/h4-6H,1-3H3,(H2,10,11). The summed E-state index contributed by atoms with van der Waals surface area (Å²) in [5.41, 5.74) is 6.72. The van der Waals surface area contributed by atoms with E-state index in [-0.39, 0.29) is 0 Å². The van der Waals surface area contributed by atoms with E-state index in [4.69, 9.17) is 5.73 Å². The number of rotatable bonds is 2. The number of anilines is 1. The molecule has 0 aliphatic heterocycles. The molecule has 0 aliphatic rings. The van der Waals surface area contributed by atoms with Crippen LogP contribution < -0.4 is 5.73 Å². The zero-order valence-corrected chi connectivity index (χ0v) is 8.48. The zero-order valence-electron chi connectivity index (χ0n) is 7.66. The molecule has 0 saturated carbocycles. The highest BCUT2D eigenvalue weighted by Gasteiger charge is 2.03. The molecule has 12 heavy (non-hydrogen) atoms. The van der Waals surface area contributed by atoms with Gasteiger partial charge in [0.15, 0.2) is 0 Å². The van der Waals surface area contributed by atoms with E-state index in [9.17, 15) is 0 Å². The fourth-order valence-electron chi connectivity index (χ4n) is 0.960. The molecule has 1 rings (SSSR count). The van der Waals surface area contributed by atoms with Gasteiger partial charge in [0.05, 0.1) is 0 Å². The molecular weight excluding hydrogens is 168 g/mol. The second-order valence-electron chi connectivity index (χ2n) is 3.01. The molecule has 2 N–H and O–H groups in total. The van der Waals surface area contributed by atoms with Crippen LogP contribution in [0.4, 0.5) is 5.82 Å². The molecule has 0 unspecified atom stereocenters. The summed E-state index contributed by atoms with van der Waals surface area (Å²) >= 11 is 1.69. The van der Waals surface area contributed by atoms with Gasteiger partial charge in [0.25, 0.3) is 0 Å². The van der Waals surface area contributed by atoms with E-state index in [1.54, 1.807) is 11.8 Å². The highest BCUT2D eigenvalue weighted by atomic mass is 32.2. The molecule has 0 amide bonds. The highest BCUT2D eigenvalue weighted by molar-refractivity contribution is 7.98. The van der Waals surface area contributed by atoms with Crippen molar-refractivity contribution in [3.05, 3.63) is 17.8 Å². The molecule has 1 aromatic heterocycles. The van der Waals surface area contributed by atoms with E-state index >= 15 is 0 Å². The van der Waals surface area contributed by atoms with Crippen LogP contribution in [0.15, 0.2) is 17.0 Å². The van der Waals surface area contributed by atoms with E-state index in [0.717, 1.165) is 5.69 Å². The van der Waals surface area contributed by atoms with Gasteiger partial charge < -0.3 is 5.73 Å². The zero-order chi connectivity index (χ0) is 9.14. The fourth-order valence-corrected chi connectivity index (χ4v) is 1.44. The van der Waals surface area contributed by atoms with Crippen LogP contribution in [-0.4, -0.2) is 11.2 Å². The van der Waals surface area contributed by atoms with Crippen LogP contribution >= 0.6 is 11.8 Å². The van der Waals surface area contributed by atoms with Crippen LogP contribution in [0.1, 0.15) is 25.5 Å². The molecule has 3 heteroatoms. The first-order valence-corrected chi connectivity index (χ1v) is 5.17. The number of pyridine rings is 1. The quantitative estimate of drug-likeness (QED) is 0.714. The van der Waals surface area contributed by atoms with Gasteiger partial charge in [0, 0.05) is 10.6 Å². The van der Waals surface area contributed by atoms with Gasteiger partial charge in [0.2, 0.25) is 0 Å². The average molecular weight is 182 g/mol. The van der Waals surface area contributed by atoms with Crippen LogP contribution in [0.2, 0.25) is 0 Å². The Morgan fingerprint density at radius 2 is 2.08 bits per heavy atom. The first-order chi connectivity index (χ1) is 5.63. The largest absolute Gasteiger partial charge is 0.384 e. The molecule has 0 saturated heterocycles. The molecule has 0 radical (unpaired) electrons. The number of nitrogen functional groups attached to an aromatic ring is 1. The SMILES string of the molecule is CSc1cc(N)nc(C(C)C)c1. The van der Waals surface area contributed by atoms with Crippen LogP contribution in [0.5, 0.6) is 0 Å². The van der Waals surface area contributed by atoms with Crippen LogP contribution in [0, 0.1) is 0 Å². The van der Waals surface area contributed by atoms with Gasteiger partial charge >= 0.3 is 0 Å². The maximum Gasteiger partial charge on any atom is 0.124 e. The predicted octanol–water partition coefficient (Wildman–Crippen LogP) is 2.51. The smallest absolute Gasteiger partial charge is 0.124 e. The minimum atomic E-state index is 0.444. The molecule has 0 aromatic carbocycles. The Hall–Kier alpha value is -0.700. The maximum absolute atomic E-state index is 5.65. The van der Waals surface area contributed by atoms with Crippen molar-refractivity contribution in [1.82, 2.24) is 4.98 Å². The summed E-state index contributed by atoms with van der Waals surface area (Å²) < 4.78 is 0. The number of aromatic nitrogens is 1. The van der Waals surface area contributed by atoms with Crippen molar-refractivity contribution in [3.8, 4) is 0 Å². The van der Waals surface area contributed by atoms with Crippen LogP contribution in [0.25, 0.3) is 0 Å². The van der Waals surface area contributed by atoms with Crippen LogP contribution in [0.3, 0.4) is 0 Å². The van der Waals surface area contributed by atoms with E-state index < -0.39 is 0 Å². The van der Waals surface area contributed by atoms with Gasteiger partial charge in [0.1, 0.15) is 5.82 Å². The van der Waals surface area contributed by atoms with E-state index in [1.807, 2.05) is 12.3 Å². The van der Waals surface area contributed by atoms with Crippen molar-refractivity contribution in [2.45, 2.75) is 24.7 Å². The number of nitrogens with two attached hydrogens (primary N) is 1. The van der Waals surface area contributed by atoms with Gasteiger partial charge in [-0.3, -0.25) is 0 Å². The minimum Gasteiger partial charge on any atom is -0.384 e. The Labute approximate surface area is 77.6 Å². The van der Waals surface area contributed by atoms with Crippen molar-refractivity contribution in [2.24, 2.45) is 0 Å². The highest BCUT2D eigenvalue weighted by Crippen LogP contribution is 2.21. The van der Waals surface area contributed by atoms with Crippen molar-refractivity contribution >= 4 is 17.6 Å². The van der Waals surface area contributed by atoms with Gasteiger partial charge in [-0.25, -0.2) is 4.98 Å². The van der Waals surface area contributed by atoms with Gasteiger partial charge in [-0.15, -0.1) is 11.8 Å². The predicted molar refractivity (Wildman–Crippen MR) is 54.5 cm³/mol. The third-order valence-corrected chi connectivity index (χ3v) is 2.37. The minimum absolute atomic E-state index is 0.444. The first-order valence-electron chi connectivity index (χ1n) is 3.95. The molecular formula is C9H14N2S. The molecule has 66 valence electrons. The molecule has 2 nitrogen and oxygen atoms in total. The molecule has 0 fully saturated rings. The van der Waals surface area contributed by atoms with Gasteiger partial charge in [-0.1, -0.05) is 13.8 Å². The molecule has 0 aliphatic carbocycles. The fraction of sp³-hybridized carbons (Fsp3) is 0.444. The number of thioether (sulfide) groups is 1. The topological polar surface area (TPSA) is 38.9 Å². The summed E-state index contributed by atoms with van der Waals surface area (Å²) in [7, 11) is 0. The average Bonchev–Trinajstić information content (AvgIpc) is 2.03. The summed E-state index contributed by atoms with van der Waals surface area (Å²) in [5.74, 6) is 1.06. The first kappa shape index (κ1) is 9.39. The lowest BCUT2D eigenvalue weighted by Crippen LogP contribution is -1.97. The second kappa shape index (κ2) is 3.81. The van der Waals surface area contributed by atoms with Gasteiger partial charge in [-0.2, -0.15) is 0 Å². The normalized spacial score (nSPS) is 10.7. The number of hydrogen-bond acceptors (Lipinski definition) is 3. The summed E-state index contributed by atoms with van der Waals surface area (Å²) in [6, 6.07) is 3.99. The van der Waals surface area contributed by atoms with Crippen molar-refractivity contribution < 1.29 is 0 Å². The third kappa shape index (κ3) is 2.14. The van der Waals surface area contributed by atoms with Crippen molar-refractivity contribution in [3.63, 3.8) is 0 Å². The summed E-state index contributed by atoms with van der Waals surface area (Å²) in [6.07, 6.45) is 2.04. The second-order valence-corrected chi connectivity index (χ2v) is 3.89. The van der Waals surface area contributed by atoms with E-state index in [0.29, 0.717) is 11.7 Å². The lowest BCUT2D eigenvalue weighted by Gasteiger charge is -2.06. The Kier molecular flexibility index (Phi) is 2.98. The monoisotopic (exact) mass is 182 g/mol. The summed E-state index contributed by atoms with van der Waals surface area (Å²) in [4.78, 5) is 5.43. The summed E-state index contributed by atoms with van der Waals surface area (Å²) in [6.45, 7) is 4.23. The Morgan fingerprint density at radius 3 is 2.58 bits per heavy atom. The summed E-state index contributed by atoms with van der Waals surface area (Å²) in [5, 5.41) is 0. The van der Waals surface area contributed by atoms with Gasteiger partial charge in [-0.05, 0) is 24.3 Å². The van der Waals surface area contributed by atoms with Crippen molar-refractivity contribution in [1.29, 1.82) is 0 Å². The number of nitrogens with zero attached hydrogens (tertiary/aromatic N) is 1. The molecule has 0 bridgehead atoms. The van der Waals surface area contributed by atoms with Crippen molar-refractivity contribution in [2.75, 3.05) is 12.0 Å². The maximum atomic E-state index is 5.65. The Balaban J connectivity index is 3.06. The van der Waals surface area contributed by atoms with Crippen LogP contribution in [-0.2, 0) is 0 Å². The van der Waals surface area contributed by atoms with E-state index in [1.165, 1.54) is 4.90 Å². The lowest BCUT2D eigenvalue weighted by atomic mass is 10.1. The lowest BCUT2D eigenvalue weighted by molar-refractivity contribution is 0.819. The molecule has 0 atom stereocenters. The van der Waals surface area contributed by atoms with E-state index in [2.05, 4.69) is 24.9 Å². The third-order valence-electron chi connectivity index (χ3n) is 1.67. The molecule has 0 spiro atoms. The number of hydrogen-bond donors (Lipinski definition) is 1. The Morgan fingerprint density at radius 1 is 1.42 bits per heavy atom.